The maximum absolute atomic E-state index is 13.3. The second-order valence-corrected chi connectivity index (χ2v) is 7.84. The third-order valence-electron chi connectivity index (χ3n) is 3.88. The molecule has 3 aromatic rings. The van der Waals surface area contributed by atoms with Crippen molar-refractivity contribution < 1.29 is 18.3 Å². The SMILES string of the molecule is C=CC(c1cnc(Cl)nc1)S(=O)(=O)n1cc(C(=O)O)cc1-c1ccccc1. The second-order valence-electron chi connectivity index (χ2n) is 5.57. The molecule has 138 valence electrons. The zero-order valence-corrected chi connectivity index (χ0v) is 15.4. The third kappa shape index (κ3) is 3.62. The first-order valence-electron chi connectivity index (χ1n) is 7.70. The van der Waals surface area contributed by atoms with Gasteiger partial charge < -0.3 is 5.11 Å². The van der Waals surface area contributed by atoms with Gasteiger partial charge in [-0.3, -0.25) is 0 Å². The van der Waals surface area contributed by atoms with Crippen LogP contribution in [0.2, 0.25) is 5.28 Å². The van der Waals surface area contributed by atoms with E-state index in [1.807, 2.05) is 0 Å². The highest BCUT2D eigenvalue weighted by Gasteiger charge is 2.30. The van der Waals surface area contributed by atoms with Gasteiger partial charge in [0.1, 0.15) is 5.25 Å². The van der Waals surface area contributed by atoms with Crippen LogP contribution in [0.5, 0.6) is 0 Å². The first kappa shape index (κ1) is 18.8. The number of benzene rings is 1. The van der Waals surface area contributed by atoms with E-state index >= 15 is 0 Å². The van der Waals surface area contributed by atoms with Gasteiger partial charge in [-0.2, -0.15) is 0 Å². The minimum atomic E-state index is -4.10. The number of rotatable bonds is 6. The summed E-state index contributed by atoms with van der Waals surface area (Å²) in [6, 6.07) is 9.95. The lowest BCUT2D eigenvalue weighted by Crippen LogP contribution is -2.20. The van der Waals surface area contributed by atoms with Gasteiger partial charge in [-0.25, -0.2) is 27.2 Å². The zero-order chi connectivity index (χ0) is 19.6. The molecule has 2 aromatic heterocycles. The molecule has 3 rings (SSSR count). The fourth-order valence-corrected chi connectivity index (χ4v) is 4.36. The maximum Gasteiger partial charge on any atom is 0.337 e. The largest absolute Gasteiger partial charge is 0.478 e. The van der Waals surface area contributed by atoms with Crippen molar-refractivity contribution in [1.29, 1.82) is 0 Å². The number of aromatic nitrogens is 3. The molecule has 0 aliphatic heterocycles. The Hall–Kier alpha value is -2.97. The predicted molar refractivity (Wildman–Crippen MR) is 101 cm³/mol. The summed E-state index contributed by atoms with van der Waals surface area (Å²) in [5.74, 6) is -1.23. The van der Waals surface area contributed by atoms with E-state index in [0.717, 1.165) is 10.2 Å². The molecule has 0 spiro atoms. The smallest absolute Gasteiger partial charge is 0.337 e. The predicted octanol–water partition coefficient (Wildman–Crippen LogP) is 3.40. The van der Waals surface area contributed by atoms with Crippen molar-refractivity contribution in [3.63, 3.8) is 0 Å². The Balaban J connectivity index is 2.19. The van der Waals surface area contributed by atoms with Crippen LogP contribution < -0.4 is 0 Å². The van der Waals surface area contributed by atoms with Crippen molar-refractivity contribution in [2.45, 2.75) is 5.25 Å². The van der Waals surface area contributed by atoms with Crippen LogP contribution in [-0.2, 0) is 10.0 Å². The van der Waals surface area contributed by atoms with E-state index in [1.54, 1.807) is 30.3 Å². The summed E-state index contributed by atoms with van der Waals surface area (Å²) in [6.45, 7) is 3.60. The Bertz CT molecular complexity index is 1090. The second kappa shape index (κ2) is 7.34. The number of halogens is 1. The van der Waals surface area contributed by atoms with Crippen molar-refractivity contribution >= 4 is 27.6 Å². The molecular weight excluding hydrogens is 390 g/mol. The Morgan fingerprint density at radius 1 is 1.22 bits per heavy atom. The minimum absolute atomic E-state index is 0.0157. The van der Waals surface area contributed by atoms with Crippen LogP contribution >= 0.6 is 11.6 Å². The molecule has 1 N–H and O–H groups in total. The van der Waals surface area contributed by atoms with Crippen LogP contribution in [0.15, 0.2) is 67.6 Å². The fraction of sp³-hybridized carbons (Fsp3) is 0.0556. The van der Waals surface area contributed by atoms with Gasteiger partial charge in [0.05, 0.1) is 11.3 Å². The van der Waals surface area contributed by atoms with Crippen LogP contribution in [0.4, 0.5) is 0 Å². The molecule has 27 heavy (non-hydrogen) atoms. The Kier molecular flexibility index (Phi) is 5.11. The third-order valence-corrected chi connectivity index (χ3v) is 6.03. The van der Waals surface area contributed by atoms with Gasteiger partial charge in [0.15, 0.2) is 0 Å². The summed E-state index contributed by atoms with van der Waals surface area (Å²) >= 11 is 5.67. The lowest BCUT2D eigenvalue weighted by Gasteiger charge is -2.17. The van der Waals surface area contributed by atoms with Gasteiger partial charge in [-0.15, -0.1) is 6.58 Å². The Labute approximate surface area is 160 Å². The van der Waals surface area contributed by atoms with E-state index in [9.17, 15) is 18.3 Å². The zero-order valence-electron chi connectivity index (χ0n) is 13.9. The number of hydrogen-bond donors (Lipinski definition) is 1. The maximum atomic E-state index is 13.3. The first-order chi connectivity index (χ1) is 12.8. The van der Waals surface area contributed by atoms with E-state index in [2.05, 4.69) is 16.5 Å². The number of hydrogen-bond acceptors (Lipinski definition) is 5. The van der Waals surface area contributed by atoms with E-state index in [1.165, 1.54) is 24.5 Å². The molecular formula is C18H14ClN3O4S. The van der Waals surface area contributed by atoms with Gasteiger partial charge in [-0.1, -0.05) is 36.4 Å². The molecule has 2 heterocycles. The van der Waals surface area contributed by atoms with Crippen LogP contribution in [-0.4, -0.2) is 33.4 Å². The molecule has 1 aromatic carbocycles. The summed E-state index contributed by atoms with van der Waals surface area (Å²) in [6.07, 6.45) is 4.90. The number of carboxylic acids is 1. The van der Waals surface area contributed by atoms with Crippen molar-refractivity contribution in [2.75, 3.05) is 0 Å². The highest BCUT2D eigenvalue weighted by Crippen LogP contribution is 2.31. The van der Waals surface area contributed by atoms with Crippen molar-refractivity contribution in [2.24, 2.45) is 0 Å². The highest BCUT2D eigenvalue weighted by molar-refractivity contribution is 7.90. The lowest BCUT2D eigenvalue weighted by atomic mass is 10.1. The monoisotopic (exact) mass is 403 g/mol. The Morgan fingerprint density at radius 3 is 2.41 bits per heavy atom. The van der Waals surface area contributed by atoms with Crippen LogP contribution in [0.3, 0.4) is 0 Å². The Morgan fingerprint density at radius 2 is 1.85 bits per heavy atom. The van der Waals surface area contributed by atoms with Gasteiger partial charge in [0, 0.05) is 24.2 Å². The first-order valence-corrected chi connectivity index (χ1v) is 9.58. The molecule has 0 aliphatic carbocycles. The van der Waals surface area contributed by atoms with Gasteiger partial charge in [0.25, 0.3) is 0 Å². The average Bonchev–Trinajstić information content (AvgIpc) is 3.11. The summed E-state index contributed by atoms with van der Waals surface area (Å²) in [5.41, 5.74) is 0.907. The van der Waals surface area contributed by atoms with E-state index in [0.29, 0.717) is 5.56 Å². The summed E-state index contributed by atoms with van der Waals surface area (Å²) in [4.78, 5) is 19.0. The highest BCUT2D eigenvalue weighted by atomic mass is 35.5. The quantitative estimate of drug-likeness (QED) is 0.500. The number of nitrogens with zero attached hydrogens (tertiary/aromatic N) is 3. The summed E-state index contributed by atoms with van der Waals surface area (Å²) in [5, 5.41) is 8.11. The average molecular weight is 404 g/mol. The topological polar surface area (TPSA) is 102 Å². The lowest BCUT2D eigenvalue weighted by molar-refractivity contribution is 0.0697. The van der Waals surface area contributed by atoms with Crippen molar-refractivity contribution in [1.82, 2.24) is 13.9 Å². The van der Waals surface area contributed by atoms with Crippen LogP contribution in [0, 0.1) is 0 Å². The van der Waals surface area contributed by atoms with Gasteiger partial charge in [-0.05, 0) is 23.2 Å². The van der Waals surface area contributed by atoms with E-state index in [4.69, 9.17) is 11.6 Å². The van der Waals surface area contributed by atoms with Gasteiger partial charge in [0.2, 0.25) is 15.3 Å². The number of aromatic carboxylic acids is 1. The van der Waals surface area contributed by atoms with Crippen molar-refractivity contribution in [3.8, 4) is 11.3 Å². The summed E-state index contributed by atoms with van der Waals surface area (Å²) < 4.78 is 27.5. The molecule has 0 amide bonds. The van der Waals surface area contributed by atoms with Crippen LogP contribution in [0.25, 0.3) is 11.3 Å². The molecule has 0 radical (unpaired) electrons. The van der Waals surface area contributed by atoms with E-state index in [-0.39, 0.29) is 22.1 Å². The normalized spacial score (nSPS) is 12.5. The molecule has 0 bridgehead atoms. The molecule has 0 saturated carbocycles. The molecule has 1 atom stereocenters. The molecule has 0 aliphatic rings. The van der Waals surface area contributed by atoms with E-state index < -0.39 is 21.2 Å². The molecule has 0 fully saturated rings. The van der Waals surface area contributed by atoms with Crippen molar-refractivity contribution in [3.05, 3.63) is 84.1 Å². The molecule has 9 heteroatoms. The standard InChI is InChI=1S/C18H14ClN3O4S/c1-2-16(14-9-20-18(19)21-10-14)27(25,26)22-11-13(17(23)24)8-15(22)12-6-4-3-5-7-12/h2-11,16H,1H2,(H,23,24). The minimum Gasteiger partial charge on any atom is -0.478 e. The molecule has 1 unspecified atom stereocenters. The number of carboxylic acid groups (broad SMARTS) is 1. The molecule has 0 saturated heterocycles. The fourth-order valence-electron chi connectivity index (χ4n) is 2.61. The summed E-state index contributed by atoms with van der Waals surface area (Å²) in [7, 11) is -4.10. The number of carbonyl (C=O) groups is 1. The van der Waals surface area contributed by atoms with Crippen LogP contribution in [0.1, 0.15) is 21.2 Å². The molecule has 7 nitrogen and oxygen atoms in total. The van der Waals surface area contributed by atoms with Gasteiger partial charge >= 0.3 is 5.97 Å².